The first-order valence-electron chi connectivity index (χ1n) is 12.3. The first-order chi connectivity index (χ1) is 18.8. The third kappa shape index (κ3) is 9.29. The molecule has 0 aliphatic heterocycles. The lowest BCUT2D eigenvalue weighted by molar-refractivity contribution is -0.134. The Morgan fingerprint density at radius 3 is 2.00 bits per heavy atom. The summed E-state index contributed by atoms with van der Waals surface area (Å²) in [5.41, 5.74) is 12.4. The molecule has 2 atom stereocenters. The number of hydrogen-bond acceptors (Lipinski definition) is 8. The quantitative estimate of drug-likeness (QED) is 0.211. The summed E-state index contributed by atoms with van der Waals surface area (Å²) in [5.74, 6) is -1.92. The standard InChI is InChI=1S/C25H33F3N6O5S/c26-25(27,28)40(38,39)19-9-7-18(8-10-19)32-24(37)21(11-6-17-4-2-1-3-5-17)33-23(36)20(31)16-22(35)34(14-12-29)15-13-30/h1-5,7-10,20-21H,6,11-16,29-31H2,(H,32,37)(H,33,36). The number of aryl methyl sites for hydroxylation is 1. The number of amides is 3. The van der Waals surface area contributed by atoms with Crippen molar-refractivity contribution in [1.82, 2.24) is 10.2 Å². The minimum absolute atomic E-state index is 0.00349. The molecule has 2 unspecified atom stereocenters. The second kappa shape index (κ2) is 14.7. The molecule has 2 aromatic rings. The summed E-state index contributed by atoms with van der Waals surface area (Å²) in [6, 6.07) is 10.1. The van der Waals surface area contributed by atoms with Crippen LogP contribution in [0.2, 0.25) is 0 Å². The smallest absolute Gasteiger partial charge is 0.343 e. The highest BCUT2D eigenvalue weighted by atomic mass is 32.2. The largest absolute Gasteiger partial charge is 0.501 e. The predicted octanol–water partition coefficient (Wildman–Crippen LogP) is 0.500. The first-order valence-corrected chi connectivity index (χ1v) is 13.8. The Hall–Kier alpha value is -3.53. The lowest BCUT2D eigenvalue weighted by Gasteiger charge is -2.24. The van der Waals surface area contributed by atoms with Crippen LogP contribution in [0.15, 0.2) is 59.5 Å². The van der Waals surface area contributed by atoms with E-state index in [1.807, 2.05) is 18.2 Å². The van der Waals surface area contributed by atoms with Gasteiger partial charge in [-0.2, -0.15) is 13.2 Å². The average molecular weight is 587 g/mol. The Balaban J connectivity index is 2.15. The van der Waals surface area contributed by atoms with Crippen LogP contribution in [-0.2, 0) is 30.6 Å². The minimum atomic E-state index is -5.55. The van der Waals surface area contributed by atoms with Crippen LogP contribution in [0.4, 0.5) is 18.9 Å². The molecule has 3 amide bonds. The molecule has 15 heteroatoms. The zero-order chi connectivity index (χ0) is 29.9. The number of nitrogens with zero attached hydrogens (tertiary/aromatic N) is 1. The number of carbonyl (C=O) groups is 3. The van der Waals surface area contributed by atoms with E-state index in [9.17, 15) is 36.0 Å². The first kappa shape index (κ1) is 32.7. The zero-order valence-corrected chi connectivity index (χ0v) is 22.4. The molecule has 2 aromatic carbocycles. The molecular formula is C25H33F3N6O5S. The van der Waals surface area contributed by atoms with Crippen LogP contribution in [0.5, 0.6) is 0 Å². The van der Waals surface area contributed by atoms with Crippen molar-refractivity contribution in [1.29, 1.82) is 0 Å². The van der Waals surface area contributed by atoms with Crippen LogP contribution >= 0.6 is 0 Å². The number of nitrogens with one attached hydrogen (secondary N) is 2. The Bertz CT molecular complexity index is 1240. The van der Waals surface area contributed by atoms with Gasteiger partial charge in [-0.1, -0.05) is 30.3 Å². The number of sulfone groups is 1. The van der Waals surface area contributed by atoms with Gasteiger partial charge in [-0.05, 0) is 42.7 Å². The van der Waals surface area contributed by atoms with E-state index in [1.165, 1.54) is 4.90 Å². The summed E-state index contributed by atoms with van der Waals surface area (Å²) in [4.78, 5) is 38.8. The number of halogens is 3. The molecule has 0 spiro atoms. The molecule has 220 valence electrons. The maximum atomic E-state index is 13.1. The number of rotatable bonds is 14. The van der Waals surface area contributed by atoms with E-state index in [0.29, 0.717) is 18.6 Å². The SMILES string of the molecule is NCCN(CCN)C(=O)CC(N)C(=O)NC(CCc1ccccc1)C(=O)Nc1ccc(S(=O)(=O)C(F)(F)F)cc1. The Kier molecular flexibility index (Phi) is 12.0. The molecule has 40 heavy (non-hydrogen) atoms. The fraction of sp³-hybridized carbons (Fsp3) is 0.400. The molecule has 0 fully saturated rings. The topological polar surface area (TPSA) is 191 Å². The van der Waals surface area contributed by atoms with Gasteiger partial charge >= 0.3 is 5.51 Å². The fourth-order valence-corrected chi connectivity index (χ4v) is 4.43. The van der Waals surface area contributed by atoms with Gasteiger partial charge in [-0.15, -0.1) is 0 Å². The summed E-state index contributed by atoms with van der Waals surface area (Å²) < 4.78 is 61.6. The van der Waals surface area contributed by atoms with Gasteiger partial charge in [-0.3, -0.25) is 14.4 Å². The maximum absolute atomic E-state index is 13.1. The van der Waals surface area contributed by atoms with Crippen molar-refractivity contribution < 1.29 is 36.0 Å². The van der Waals surface area contributed by atoms with Crippen LogP contribution in [0.25, 0.3) is 0 Å². The summed E-state index contributed by atoms with van der Waals surface area (Å²) >= 11 is 0. The van der Waals surface area contributed by atoms with Gasteiger partial charge in [0.25, 0.3) is 9.84 Å². The van der Waals surface area contributed by atoms with Crippen molar-refractivity contribution in [2.24, 2.45) is 17.2 Å². The summed E-state index contributed by atoms with van der Waals surface area (Å²) in [6.07, 6.45) is 0.139. The van der Waals surface area contributed by atoms with Crippen LogP contribution in [0, 0.1) is 0 Å². The van der Waals surface area contributed by atoms with Crippen molar-refractivity contribution in [3.05, 3.63) is 60.2 Å². The van der Waals surface area contributed by atoms with Crippen LogP contribution < -0.4 is 27.8 Å². The van der Waals surface area contributed by atoms with E-state index in [4.69, 9.17) is 17.2 Å². The summed E-state index contributed by atoms with van der Waals surface area (Å²) in [6.45, 7) is 0.848. The van der Waals surface area contributed by atoms with Gasteiger partial charge < -0.3 is 32.7 Å². The summed E-state index contributed by atoms with van der Waals surface area (Å²) in [5, 5.41) is 4.99. The molecule has 0 heterocycles. The normalized spacial score (nSPS) is 13.2. The number of anilines is 1. The number of hydrogen-bond donors (Lipinski definition) is 5. The second-order valence-corrected chi connectivity index (χ2v) is 10.8. The van der Waals surface area contributed by atoms with Crippen molar-refractivity contribution in [2.75, 3.05) is 31.5 Å². The van der Waals surface area contributed by atoms with Gasteiger partial charge in [0.1, 0.15) is 6.04 Å². The zero-order valence-electron chi connectivity index (χ0n) is 21.6. The van der Waals surface area contributed by atoms with E-state index in [1.54, 1.807) is 12.1 Å². The van der Waals surface area contributed by atoms with Crippen LogP contribution in [0.3, 0.4) is 0 Å². The molecule has 0 aliphatic rings. The van der Waals surface area contributed by atoms with Gasteiger partial charge in [0, 0.05) is 31.9 Å². The third-order valence-corrected chi connectivity index (χ3v) is 7.32. The van der Waals surface area contributed by atoms with E-state index in [2.05, 4.69) is 10.6 Å². The van der Waals surface area contributed by atoms with Gasteiger partial charge in [0.05, 0.1) is 17.4 Å². The molecule has 2 rings (SSSR count). The Labute approximate surface area is 230 Å². The van der Waals surface area contributed by atoms with Gasteiger partial charge in [0.2, 0.25) is 17.7 Å². The predicted molar refractivity (Wildman–Crippen MR) is 142 cm³/mol. The molecule has 8 N–H and O–H groups in total. The molecule has 0 bridgehead atoms. The van der Waals surface area contributed by atoms with E-state index in [0.717, 1.165) is 17.7 Å². The van der Waals surface area contributed by atoms with Crippen LogP contribution in [0.1, 0.15) is 18.4 Å². The highest BCUT2D eigenvalue weighted by molar-refractivity contribution is 7.92. The molecule has 0 saturated heterocycles. The molecule has 0 radical (unpaired) electrons. The Morgan fingerprint density at radius 2 is 1.48 bits per heavy atom. The van der Waals surface area contributed by atoms with Crippen molar-refractivity contribution >= 4 is 33.2 Å². The minimum Gasteiger partial charge on any atom is -0.343 e. The highest BCUT2D eigenvalue weighted by Crippen LogP contribution is 2.30. The second-order valence-electron chi connectivity index (χ2n) is 8.82. The number of alkyl halides is 3. The average Bonchev–Trinajstić information content (AvgIpc) is 2.90. The van der Waals surface area contributed by atoms with E-state index in [-0.39, 0.29) is 44.7 Å². The van der Waals surface area contributed by atoms with Crippen molar-refractivity contribution in [2.45, 2.75) is 41.7 Å². The lowest BCUT2D eigenvalue weighted by Crippen LogP contribution is -2.52. The van der Waals surface area contributed by atoms with E-state index >= 15 is 0 Å². The summed E-state index contributed by atoms with van der Waals surface area (Å²) in [7, 11) is -5.55. The number of carbonyl (C=O) groups excluding carboxylic acids is 3. The number of nitrogens with two attached hydrogens (primary N) is 3. The van der Waals surface area contributed by atoms with Gasteiger partial charge in [0.15, 0.2) is 0 Å². The Morgan fingerprint density at radius 1 is 0.900 bits per heavy atom. The molecule has 0 aliphatic carbocycles. The monoisotopic (exact) mass is 586 g/mol. The maximum Gasteiger partial charge on any atom is 0.501 e. The number of benzene rings is 2. The molecule has 11 nitrogen and oxygen atoms in total. The highest BCUT2D eigenvalue weighted by Gasteiger charge is 2.46. The fourth-order valence-electron chi connectivity index (χ4n) is 3.67. The van der Waals surface area contributed by atoms with Crippen molar-refractivity contribution in [3.8, 4) is 0 Å². The van der Waals surface area contributed by atoms with E-state index < -0.39 is 50.0 Å². The molecule has 0 aromatic heterocycles. The lowest BCUT2D eigenvalue weighted by atomic mass is 10.0. The molecule has 0 saturated carbocycles. The molecular weight excluding hydrogens is 553 g/mol. The van der Waals surface area contributed by atoms with Crippen molar-refractivity contribution in [3.63, 3.8) is 0 Å². The third-order valence-electron chi connectivity index (χ3n) is 5.82. The van der Waals surface area contributed by atoms with Crippen LogP contribution in [-0.4, -0.2) is 74.8 Å². The van der Waals surface area contributed by atoms with Gasteiger partial charge in [-0.25, -0.2) is 8.42 Å².